The van der Waals surface area contributed by atoms with Gasteiger partial charge >= 0.3 is 0 Å². The second-order valence-electron chi connectivity index (χ2n) is 4.79. The highest BCUT2D eigenvalue weighted by molar-refractivity contribution is 7.89. The minimum absolute atomic E-state index is 0.0657. The molecule has 1 rings (SSSR count). The molecule has 0 aliphatic heterocycles. The predicted molar refractivity (Wildman–Crippen MR) is 81.3 cm³/mol. The van der Waals surface area contributed by atoms with Crippen LogP contribution >= 0.6 is 0 Å². The first kappa shape index (κ1) is 16.7. The summed E-state index contributed by atoms with van der Waals surface area (Å²) in [6, 6.07) is 6.92. The van der Waals surface area contributed by atoms with E-state index in [1.165, 1.54) is 0 Å². The van der Waals surface area contributed by atoms with Crippen LogP contribution in [0.1, 0.15) is 6.42 Å². The molecule has 0 bridgehead atoms. The molecule has 0 spiro atoms. The Morgan fingerprint density at radius 2 is 2.10 bits per heavy atom. The van der Waals surface area contributed by atoms with E-state index in [2.05, 4.69) is 4.72 Å². The van der Waals surface area contributed by atoms with Crippen molar-refractivity contribution in [3.63, 3.8) is 0 Å². The Hall–Kier alpha value is -1.31. The minimum atomic E-state index is -3.28. The molecule has 0 aliphatic carbocycles. The molecule has 0 heterocycles. The lowest BCUT2D eigenvalue weighted by Crippen LogP contribution is -2.31. The summed E-state index contributed by atoms with van der Waals surface area (Å²) in [6.07, 6.45) is 0.780. The SMILES string of the molecule is CN(C)CCCNS(=O)(=O)CCOc1cccc(N)c1. The van der Waals surface area contributed by atoms with Crippen molar-refractivity contribution in [2.45, 2.75) is 6.42 Å². The largest absolute Gasteiger partial charge is 0.492 e. The molecule has 0 saturated carbocycles. The van der Waals surface area contributed by atoms with Crippen molar-refractivity contribution in [2.75, 3.05) is 45.3 Å². The lowest BCUT2D eigenvalue weighted by Gasteiger charge is -2.11. The van der Waals surface area contributed by atoms with E-state index < -0.39 is 10.0 Å². The smallest absolute Gasteiger partial charge is 0.214 e. The number of ether oxygens (including phenoxy) is 1. The molecule has 0 radical (unpaired) electrons. The van der Waals surface area contributed by atoms with Gasteiger partial charge in [0.15, 0.2) is 0 Å². The predicted octanol–water partition coefficient (Wildman–Crippen LogP) is 0.519. The molecule has 6 nitrogen and oxygen atoms in total. The molecule has 0 unspecified atom stereocenters. The van der Waals surface area contributed by atoms with Gasteiger partial charge in [-0.1, -0.05) is 6.07 Å². The molecule has 0 fully saturated rings. The van der Waals surface area contributed by atoms with Gasteiger partial charge in [0.2, 0.25) is 10.0 Å². The van der Waals surface area contributed by atoms with Gasteiger partial charge in [0.1, 0.15) is 12.4 Å². The van der Waals surface area contributed by atoms with E-state index in [-0.39, 0.29) is 12.4 Å². The molecule has 0 aromatic heterocycles. The maximum atomic E-state index is 11.7. The number of nitrogens with two attached hydrogens (primary N) is 1. The van der Waals surface area contributed by atoms with Crippen molar-refractivity contribution in [3.05, 3.63) is 24.3 Å². The van der Waals surface area contributed by atoms with E-state index in [1.807, 2.05) is 19.0 Å². The third kappa shape index (κ3) is 7.32. The molecule has 0 atom stereocenters. The van der Waals surface area contributed by atoms with E-state index in [0.717, 1.165) is 13.0 Å². The van der Waals surface area contributed by atoms with E-state index in [0.29, 0.717) is 18.0 Å². The Kier molecular flexibility index (Phi) is 6.77. The van der Waals surface area contributed by atoms with Gasteiger partial charge < -0.3 is 15.4 Å². The fraction of sp³-hybridized carbons (Fsp3) is 0.538. The Morgan fingerprint density at radius 1 is 1.35 bits per heavy atom. The van der Waals surface area contributed by atoms with E-state index in [4.69, 9.17) is 10.5 Å². The monoisotopic (exact) mass is 301 g/mol. The molecule has 0 aliphatic rings. The quantitative estimate of drug-likeness (QED) is 0.513. The molecule has 20 heavy (non-hydrogen) atoms. The first-order valence-electron chi connectivity index (χ1n) is 6.49. The van der Waals surface area contributed by atoms with Gasteiger partial charge in [-0.3, -0.25) is 0 Å². The number of anilines is 1. The zero-order chi connectivity index (χ0) is 15.0. The van der Waals surface area contributed by atoms with E-state index in [1.54, 1.807) is 24.3 Å². The molecule has 0 amide bonds. The zero-order valence-corrected chi connectivity index (χ0v) is 12.8. The highest BCUT2D eigenvalue weighted by Crippen LogP contribution is 2.14. The van der Waals surface area contributed by atoms with Crippen LogP contribution in [-0.4, -0.2) is 52.9 Å². The molecule has 114 valence electrons. The summed E-state index contributed by atoms with van der Waals surface area (Å²) in [4.78, 5) is 2.01. The maximum Gasteiger partial charge on any atom is 0.214 e. The van der Waals surface area contributed by atoms with E-state index >= 15 is 0 Å². The third-order valence-electron chi connectivity index (χ3n) is 2.58. The summed E-state index contributed by atoms with van der Waals surface area (Å²) >= 11 is 0. The summed E-state index contributed by atoms with van der Waals surface area (Å²) in [7, 11) is 0.620. The van der Waals surface area contributed by atoms with Crippen molar-refractivity contribution >= 4 is 15.7 Å². The Balaban J connectivity index is 2.26. The van der Waals surface area contributed by atoms with Gasteiger partial charge in [-0.25, -0.2) is 13.1 Å². The number of nitrogens with one attached hydrogen (secondary N) is 1. The third-order valence-corrected chi connectivity index (χ3v) is 3.93. The van der Waals surface area contributed by atoms with Crippen LogP contribution in [0.4, 0.5) is 5.69 Å². The topological polar surface area (TPSA) is 84.7 Å². The minimum Gasteiger partial charge on any atom is -0.492 e. The highest BCUT2D eigenvalue weighted by Gasteiger charge is 2.09. The number of nitrogen functional groups attached to an aromatic ring is 1. The van der Waals surface area contributed by atoms with Crippen LogP contribution in [0.15, 0.2) is 24.3 Å². The van der Waals surface area contributed by atoms with Crippen molar-refractivity contribution < 1.29 is 13.2 Å². The average Bonchev–Trinajstić information content (AvgIpc) is 2.34. The maximum absolute atomic E-state index is 11.7. The first-order valence-corrected chi connectivity index (χ1v) is 8.15. The standard InChI is InChI=1S/C13H23N3O3S/c1-16(2)8-4-7-15-20(17,18)10-9-19-13-6-3-5-12(14)11-13/h3,5-6,11,15H,4,7-10,14H2,1-2H3. The van der Waals surface area contributed by atoms with Gasteiger partial charge in [0.05, 0.1) is 5.75 Å². The Bertz CT molecular complexity index is 503. The van der Waals surface area contributed by atoms with Crippen LogP contribution in [0, 0.1) is 0 Å². The van der Waals surface area contributed by atoms with Crippen LogP contribution in [-0.2, 0) is 10.0 Å². The number of sulfonamides is 1. The second-order valence-corrected chi connectivity index (χ2v) is 6.72. The summed E-state index contributed by atoms with van der Waals surface area (Å²) < 4.78 is 31.3. The molecule has 1 aromatic rings. The molecule has 3 N–H and O–H groups in total. The number of benzene rings is 1. The normalized spacial score (nSPS) is 11.8. The molecule has 0 saturated heterocycles. The Labute approximate surface area is 121 Å². The summed E-state index contributed by atoms with van der Waals surface area (Å²) in [5, 5.41) is 0. The number of rotatable bonds is 9. The number of hydrogen-bond donors (Lipinski definition) is 2. The second kappa shape index (κ2) is 8.08. The molecule has 7 heteroatoms. The number of nitrogens with zero attached hydrogens (tertiary/aromatic N) is 1. The average molecular weight is 301 g/mol. The summed E-state index contributed by atoms with van der Waals surface area (Å²) in [6.45, 7) is 1.40. The van der Waals surface area contributed by atoms with Crippen LogP contribution in [0.5, 0.6) is 5.75 Å². The van der Waals surface area contributed by atoms with Gasteiger partial charge in [0, 0.05) is 18.3 Å². The van der Waals surface area contributed by atoms with Gasteiger partial charge in [0.25, 0.3) is 0 Å². The molecule has 1 aromatic carbocycles. The van der Waals surface area contributed by atoms with Crippen LogP contribution in [0.25, 0.3) is 0 Å². The van der Waals surface area contributed by atoms with Crippen molar-refractivity contribution in [3.8, 4) is 5.75 Å². The fourth-order valence-corrected chi connectivity index (χ4v) is 2.47. The first-order chi connectivity index (χ1) is 9.39. The van der Waals surface area contributed by atoms with Crippen LogP contribution < -0.4 is 15.2 Å². The molecular formula is C13H23N3O3S. The number of hydrogen-bond acceptors (Lipinski definition) is 5. The van der Waals surface area contributed by atoms with Crippen LogP contribution in [0.3, 0.4) is 0 Å². The van der Waals surface area contributed by atoms with Crippen LogP contribution in [0.2, 0.25) is 0 Å². The van der Waals surface area contributed by atoms with Crippen molar-refractivity contribution in [2.24, 2.45) is 0 Å². The van der Waals surface area contributed by atoms with Crippen molar-refractivity contribution in [1.29, 1.82) is 0 Å². The fourth-order valence-electron chi connectivity index (χ4n) is 1.57. The van der Waals surface area contributed by atoms with Gasteiger partial charge in [-0.2, -0.15) is 0 Å². The zero-order valence-electron chi connectivity index (χ0n) is 12.0. The van der Waals surface area contributed by atoms with Gasteiger partial charge in [-0.05, 0) is 39.2 Å². The van der Waals surface area contributed by atoms with Crippen molar-refractivity contribution in [1.82, 2.24) is 9.62 Å². The van der Waals surface area contributed by atoms with E-state index in [9.17, 15) is 8.42 Å². The van der Waals surface area contributed by atoms with Gasteiger partial charge in [-0.15, -0.1) is 0 Å². The highest BCUT2D eigenvalue weighted by atomic mass is 32.2. The summed E-state index contributed by atoms with van der Waals surface area (Å²) in [5.41, 5.74) is 6.20. The summed E-state index contributed by atoms with van der Waals surface area (Å²) in [5.74, 6) is 0.511. The lowest BCUT2D eigenvalue weighted by atomic mass is 10.3. The Morgan fingerprint density at radius 3 is 2.75 bits per heavy atom. The lowest BCUT2D eigenvalue weighted by molar-refractivity contribution is 0.340. The molecular weight excluding hydrogens is 278 g/mol.